The fourth-order valence-electron chi connectivity index (χ4n) is 1.79. The standard InChI is InChI=1S/C15H17ClN4O.HI/c1-21-13-5-3-2-4-12(13)20-15(17)18-9-8-11-6-7-14(16)19-10-11;/h2-7,10H,8-9H2,1H3,(H3,17,18,20);1H. The largest absolute Gasteiger partial charge is 0.495 e. The summed E-state index contributed by atoms with van der Waals surface area (Å²) in [5, 5.41) is 3.51. The molecule has 1 heterocycles. The normalized spacial score (nSPS) is 10.7. The summed E-state index contributed by atoms with van der Waals surface area (Å²) in [7, 11) is 1.61. The predicted octanol–water partition coefficient (Wildman–Crippen LogP) is 3.33. The van der Waals surface area contributed by atoms with Crippen molar-refractivity contribution in [2.24, 2.45) is 10.7 Å². The topological polar surface area (TPSA) is 72.5 Å². The van der Waals surface area contributed by atoms with Crippen LogP contribution in [0.25, 0.3) is 0 Å². The van der Waals surface area contributed by atoms with Gasteiger partial charge in [0.25, 0.3) is 0 Å². The predicted molar refractivity (Wildman–Crippen MR) is 101 cm³/mol. The number of benzene rings is 1. The van der Waals surface area contributed by atoms with Crippen molar-refractivity contribution in [3.8, 4) is 5.75 Å². The zero-order valence-electron chi connectivity index (χ0n) is 12.1. The molecule has 0 radical (unpaired) electrons. The molecule has 0 amide bonds. The lowest BCUT2D eigenvalue weighted by atomic mass is 10.2. The number of aromatic nitrogens is 1. The van der Waals surface area contributed by atoms with Gasteiger partial charge in [-0.25, -0.2) is 4.98 Å². The minimum absolute atomic E-state index is 0. The number of aliphatic imine (C=N–C) groups is 1. The summed E-state index contributed by atoms with van der Waals surface area (Å²) >= 11 is 5.73. The molecule has 0 saturated carbocycles. The van der Waals surface area contributed by atoms with Crippen LogP contribution < -0.4 is 15.8 Å². The number of anilines is 1. The molecular formula is C15H18ClIN4O. The van der Waals surface area contributed by atoms with Gasteiger partial charge in [-0.15, -0.1) is 24.0 Å². The van der Waals surface area contributed by atoms with Gasteiger partial charge in [0, 0.05) is 12.7 Å². The SMILES string of the molecule is COc1ccccc1NC(N)=NCCc1ccc(Cl)nc1.I. The number of hydrogen-bond donors (Lipinski definition) is 2. The van der Waals surface area contributed by atoms with Crippen LogP contribution >= 0.6 is 35.6 Å². The third-order valence-electron chi connectivity index (χ3n) is 2.84. The molecule has 2 aromatic rings. The highest BCUT2D eigenvalue weighted by molar-refractivity contribution is 14.0. The van der Waals surface area contributed by atoms with E-state index in [1.54, 1.807) is 19.4 Å². The molecule has 0 spiro atoms. The van der Waals surface area contributed by atoms with Crippen LogP contribution in [0.5, 0.6) is 5.75 Å². The summed E-state index contributed by atoms with van der Waals surface area (Å²) in [6.07, 6.45) is 2.49. The van der Waals surface area contributed by atoms with E-state index in [1.165, 1.54) is 0 Å². The van der Waals surface area contributed by atoms with Gasteiger partial charge >= 0.3 is 0 Å². The van der Waals surface area contributed by atoms with Crippen molar-refractivity contribution in [1.82, 2.24) is 4.98 Å². The van der Waals surface area contributed by atoms with E-state index in [-0.39, 0.29) is 24.0 Å². The van der Waals surface area contributed by atoms with Crippen molar-refractivity contribution in [3.05, 3.63) is 53.3 Å². The van der Waals surface area contributed by atoms with Crippen LogP contribution in [0.2, 0.25) is 5.15 Å². The van der Waals surface area contributed by atoms with Crippen molar-refractivity contribution in [2.45, 2.75) is 6.42 Å². The lowest BCUT2D eigenvalue weighted by Gasteiger charge is -2.10. The van der Waals surface area contributed by atoms with Gasteiger partial charge in [-0.2, -0.15) is 0 Å². The Morgan fingerprint density at radius 2 is 2.09 bits per heavy atom. The quantitative estimate of drug-likeness (QED) is 0.329. The second-order valence-electron chi connectivity index (χ2n) is 4.33. The molecule has 2 rings (SSSR count). The highest BCUT2D eigenvalue weighted by Crippen LogP contribution is 2.22. The average Bonchev–Trinajstić information content (AvgIpc) is 2.50. The summed E-state index contributed by atoms with van der Waals surface area (Å²) < 4.78 is 5.24. The molecule has 22 heavy (non-hydrogen) atoms. The summed E-state index contributed by atoms with van der Waals surface area (Å²) in [5.41, 5.74) is 7.71. The fourth-order valence-corrected chi connectivity index (χ4v) is 1.90. The number of rotatable bonds is 5. The number of nitrogens with zero attached hydrogens (tertiary/aromatic N) is 2. The Kier molecular flexibility index (Phi) is 7.97. The summed E-state index contributed by atoms with van der Waals surface area (Å²) in [5.74, 6) is 1.07. The third-order valence-corrected chi connectivity index (χ3v) is 3.06. The zero-order valence-corrected chi connectivity index (χ0v) is 15.2. The molecule has 7 heteroatoms. The van der Waals surface area contributed by atoms with Crippen LogP contribution in [-0.2, 0) is 6.42 Å². The Hall–Kier alpha value is -1.54. The number of halogens is 2. The van der Waals surface area contributed by atoms with E-state index in [9.17, 15) is 0 Å². The minimum atomic E-state index is 0. The van der Waals surface area contributed by atoms with Gasteiger partial charge in [0.1, 0.15) is 10.9 Å². The first-order chi connectivity index (χ1) is 10.2. The summed E-state index contributed by atoms with van der Waals surface area (Å²) in [4.78, 5) is 8.30. The first kappa shape index (κ1) is 18.5. The minimum Gasteiger partial charge on any atom is -0.495 e. The maximum Gasteiger partial charge on any atom is 0.193 e. The number of hydrogen-bond acceptors (Lipinski definition) is 3. The molecule has 5 nitrogen and oxygen atoms in total. The molecule has 0 unspecified atom stereocenters. The van der Waals surface area contributed by atoms with Gasteiger partial charge in [0.15, 0.2) is 5.96 Å². The molecule has 1 aromatic carbocycles. The number of nitrogens with one attached hydrogen (secondary N) is 1. The number of pyridine rings is 1. The molecule has 0 atom stereocenters. The van der Waals surface area contributed by atoms with E-state index in [0.29, 0.717) is 17.7 Å². The Morgan fingerprint density at radius 1 is 1.32 bits per heavy atom. The molecule has 1 aromatic heterocycles. The fraction of sp³-hybridized carbons (Fsp3) is 0.200. The van der Waals surface area contributed by atoms with Crippen molar-refractivity contribution in [3.63, 3.8) is 0 Å². The molecule has 0 aliphatic carbocycles. The number of nitrogens with two attached hydrogens (primary N) is 1. The number of guanidine groups is 1. The monoisotopic (exact) mass is 432 g/mol. The third kappa shape index (κ3) is 5.69. The smallest absolute Gasteiger partial charge is 0.193 e. The Labute approximate surface area is 152 Å². The Morgan fingerprint density at radius 3 is 2.77 bits per heavy atom. The zero-order chi connectivity index (χ0) is 15.1. The van der Waals surface area contributed by atoms with Crippen LogP contribution in [0.15, 0.2) is 47.6 Å². The first-order valence-corrected chi connectivity index (χ1v) is 6.87. The number of para-hydroxylation sites is 2. The molecule has 0 aliphatic heterocycles. The molecule has 0 saturated heterocycles. The molecule has 0 fully saturated rings. The van der Waals surface area contributed by atoms with Gasteiger partial charge < -0.3 is 15.8 Å². The average molecular weight is 433 g/mol. The maximum atomic E-state index is 5.86. The van der Waals surface area contributed by atoms with Crippen LogP contribution in [0.4, 0.5) is 5.69 Å². The molecule has 118 valence electrons. The second-order valence-corrected chi connectivity index (χ2v) is 4.72. The lowest BCUT2D eigenvalue weighted by molar-refractivity contribution is 0.417. The van der Waals surface area contributed by atoms with E-state index in [0.717, 1.165) is 23.4 Å². The van der Waals surface area contributed by atoms with Gasteiger partial charge in [-0.3, -0.25) is 4.99 Å². The second kappa shape index (κ2) is 9.47. The van der Waals surface area contributed by atoms with E-state index < -0.39 is 0 Å². The molecule has 0 bridgehead atoms. The number of ether oxygens (including phenoxy) is 1. The van der Waals surface area contributed by atoms with Gasteiger partial charge in [-0.05, 0) is 30.2 Å². The van der Waals surface area contributed by atoms with E-state index >= 15 is 0 Å². The van der Waals surface area contributed by atoms with Crippen molar-refractivity contribution in [2.75, 3.05) is 19.0 Å². The summed E-state index contributed by atoms with van der Waals surface area (Å²) in [6, 6.07) is 11.2. The van der Waals surface area contributed by atoms with Gasteiger partial charge in [-0.1, -0.05) is 29.8 Å². The molecular weight excluding hydrogens is 415 g/mol. The lowest BCUT2D eigenvalue weighted by Crippen LogP contribution is -2.23. The molecule has 0 aliphatic rings. The van der Waals surface area contributed by atoms with Crippen molar-refractivity contribution < 1.29 is 4.74 Å². The highest BCUT2D eigenvalue weighted by Gasteiger charge is 2.02. The molecule has 3 N–H and O–H groups in total. The Balaban J connectivity index is 0.00000242. The van der Waals surface area contributed by atoms with Crippen molar-refractivity contribution >= 4 is 47.2 Å². The van der Waals surface area contributed by atoms with E-state index in [1.807, 2.05) is 30.3 Å². The van der Waals surface area contributed by atoms with Crippen LogP contribution in [0, 0.1) is 0 Å². The van der Waals surface area contributed by atoms with E-state index in [2.05, 4.69) is 15.3 Å². The van der Waals surface area contributed by atoms with Crippen molar-refractivity contribution in [1.29, 1.82) is 0 Å². The first-order valence-electron chi connectivity index (χ1n) is 6.49. The maximum absolute atomic E-state index is 5.86. The van der Waals surface area contributed by atoms with Crippen LogP contribution in [0.1, 0.15) is 5.56 Å². The van der Waals surface area contributed by atoms with Gasteiger partial charge in [0.2, 0.25) is 0 Å². The van der Waals surface area contributed by atoms with Crippen LogP contribution in [0.3, 0.4) is 0 Å². The van der Waals surface area contributed by atoms with E-state index in [4.69, 9.17) is 22.1 Å². The Bertz CT molecular complexity index is 619. The summed E-state index contributed by atoms with van der Waals surface area (Å²) in [6.45, 7) is 0.567. The van der Waals surface area contributed by atoms with Crippen LogP contribution in [-0.4, -0.2) is 24.6 Å². The number of methoxy groups -OCH3 is 1. The van der Waals surface area contributed by atoms with Gasteiger partial charge in [0.05, 0.1) is 12.8 Å². The highest BCUT2D eigenvalue weighted by atomic mass is 127.